The average molecular weight is 582 g/mol. The first-order chi connectivity index (χ1) is 19.4. The maximum atomic E-state index is 13.8. The van der Waals surface area contributed by atoms with Gasteiger partial charge in [-0.15, -0.1) is 0 Å². The van der Waals surface area contributed by atoms with Crippen molar-refractivity contribution in [2.45, 2.75) is 30.3 Å². The van der Waals surface area contributed by atoms with Gasteiger partial charge in [-0.2, -0.15) is 0 Å². The number of aromatic nitrogens is 2. The first-order valence-corrected chi connectivity index (χ1v) is 13.7. The lowest BCUT2D eigenvalue weighted by atomic mass is 10.2. The first-order valence-electron chi connectivity index (χ1n) is 12.5. The quantitative estimate of drug-likeness (QED) is 0.225. The van der Waals surface area contributed by atoms with E-state index in [9.17, 15) is 9.59 Å². The molecule has 206 valence electrons. The van der Waals surface area contributed by atoms with Crippen molar-refractivity contribution in [3.63, 3.8) is 0 Å². The Hall–Kier alpha value is -4.09. The fourth-order valence-corrected chi connectivity index (χ4v) is 5.73. The van der Waals surface area contributed by atoms with Crippen LogP contribution in [0.15, 0.2) is 58.5 Å². The number of benzene rings is 3. The number of amides is 1. The monoisotopic (exact) mass is 581 g/mol. The smallest absolute Gasteiger partial charge is 0.262 e. The molecule has 0 spiro atoms. The largest absolute Gasteiger partial charge is 0.495 e. The number of thioether (sulfide) groups is 1. The maximum absolute atomic E-state index is 13.8. The predicted octanol–water partition coefficient (Wildman–Crippen LogP) is 5.07. The number of hydrogen-bond donors (Lipinski definition) is 1. The highest BCUT2D eigenvalue weighted by Crippen LogP contribution is 2.37. The van der Waals surface area contributed by atoms with Crippen LogP contribution in [0.4, 0.5) is 5.69 Å². The third-order valence-electron chi connectivity index (χ3n) is 6.52. The third-order valence-corrected chi connectivity index (χ3v) is 8.17. The molecular weight excluding hydrogens is 558 g/mol. The predicted molar refractivity (Wildman–Crippen MR) is 150 cm³/mol. The lowest BCUT2D eigenvalue weighted by molar-refractivity contribution is -0.115. The zero-order valence-electron chi connectivity index (χ0n) is 21.6. The topological polar surface area (TPSA) is 110 Å². The summed E-state index contributed by atoms with van der Waals surface area (Å²) in [5, 5.41) is 3.52. The maximum Gasteiger partial charge on any atom is 0.262 e. The lowest BCUT2D eigenvalue weighted by Crippen LogP contribution is -2.28. The minimum Gasteiger partial charge on any atom is -0.495 e. The minimum absolute atomic E-state index is 0.0755. The lowest BCUT2D eigenvalue weighted by Gasteiger charge is -2.18. The van der Waals surface area contributed by atoms with E-state index in [-0.39, 0.29) is 31.6 Å². The van der Waals surface area contributed by atoms with E-state index in [1.807, 2.05) is 25.1 Å². The summed E-state index contributed by atoms with van der Waals surface area (Å²) in [6.07, 6.45) is 0.486. The van der Waals surface area contributed by atoms with E-state index in [1.54, 1.807) is 34.9 Å². The number of nitrogens with zero attached hydrogens (tertiary/aromatic N) is 2. The van der Waals surface area contributed by atoms with Crippen molar-refractivity contribution >= 4 is 45.9 Å². The Kier molecular flexibility index (Phi) is 7.07. The second-order valence-corrected chi connectivity index (χ2v) is 10.6. The van der Waals surface area contributed by atoms with Gasteiger partial charge in [-0.1, -0.05) is 36.4 Å². The van der Waals surface area contributed by atoms with Crippen LogP contribution >= 0.6 is 23.4 Å². The molecule has 2 aliphatic rings. The second-order valence-electron chi connectivity index (χ2n) is 9.05. The number of carbonyl (C=O) groups is 1. The Labute approximate surface area is 238 Å². The fourth-order valence-electron chi connectivity index (χ4n) is 4.46. The Bertz CT molecular complexity index is 1690. The van der Waals surface area contributed by atoms with Gasteiger partial charge in [0.15, 0.2) is 28.2 Å². The SMILES string of the molecule is CC[C@H](Sc1nc2cc3c(cc2c(=O)n1Cc1ccc2c(c1)OCO2)OCO3)C(=O)Nc1ccc(OC)c(Cl)c1. The van der Waals surface area contributed by atoms with Crippen LogP contribution in [-0.4, -0.2) is 41.4 Å². The van der Waals surface area contributed by atoms with E-state index in [4.69, 9.17) is 40.3 Å². The van der Waals surface area contributed by atoms with Gasteiger partial charge in [0.05, 0.1) is 34.8 Å². The molecule has 0 fully saturated rings. The highest BCUT2D eigenvalue weighted by atomic mass is 35.5. The molecular formula is C28H24ClN3O7S. The van der Waals surface area contributed by atoms with Gasteiger partial charge in [0.1, 0.15) is 5.75 Å². The van der Waals surface area contributed by atoms with Crippen LogP contribution in [0.25, 0.3) is 10.9 Å². The highest BCUT2D eigenvalue weighted by molar-refractivity contribution is 8.00. The summed E-state index contributed by atoms with van der Waals surface area (Å²) in [6.45, 7) is 2.34. The molecule has 1 N–H and O–H groups in total. The number of hydrogen-bond acceptors (Lipinski definition) is 9. The van der Waals surface area contributed by atoms with Crippen molar-refractivity contribution in [3.05, 3.63) is 69.5 Å². The summed E-state index contributed by atoms with van der Waals surface area (Å²) in [4.78, 5) is 32.0. The molecule has 0 radical (unpaired) electrons. The summed E-state index contributed by atoms with van der Waals surface area (Å²) in [5.41, 5.74) is 1.55. The first kappa shape index (κ1) is 26.1. The van der Waals surface area contributed by atoms with Gasteiger partial charge in [0, 0.05) is 11.8 Å². The minimum atomic E-state index is -0.553. The van der Waals surface area contributed by atoms with Crippen molar-refractivity contribution in [3.8, 4) is 28.7 Å². The zero-order valence-corrected chi connectivity index (χ0v) is 23.1. The molecule has 4 aromatic rings. The molecule has 3 heterocycles. The van der Waals surface area contributed by atoms with Gasteiger partial charge < -0.3 is 29.0 Å². The summed E-state index contributed by atoms with van der Waals surface area (Å²) in [5.74, 6) is 2.53. The molecule has 10 nitrogen and oxygen atoms in total. The molecule has 1 amide bonds. The zero-order chi connectivity index (χ0) is 27.8. The van der Waals surface area contributed by atoms with Crippen molar-refractivity contribution in [1.29, 1.82) is 0 Å². The molecule has 6 rings (SSSR count). The van der Waals surface area contributed by atoms with Gasteiger partial charge in [-0.05, 0) is 48.4 Å². The molecule has 0 saturated carbocycles. The van der Waals surface area contributed by atoms with Crippen molar-refractivity contribution in [2.24, 2.45) is 0 Å². The summed E-state index contributed by atoms with van der Waals surface area (Å²) in [6, 6.07) is 13.9. The third kappa shape index (κ3) is 4.98. The molecule has 0 unspecified atom stereocenters. The number of methoxy groups -OCH3 is 1. The Balaban J connectivity index is 1.36. The fraction of sp³-hybridized carbons (Fsp3) is 0.250. The van der Waals surface area contributed by atoms with Crippen LogP contribution in [0, 0.1) is 0 Å². The van der Waals surface area contributed by atoms with Crippen LogP contribution in [0.5, 0.6) is 28.7 Å². The number of nitrogens with one attached hydrogen (secondary N) is 1. The average Bonchev–Trinajstić information content (AvgIpc) is 3.61. The van der Waals surface area contributed by atoms with E-state index >= 15 is 0 Å². The summed E-state index contributed by atoms with van der Waals surface area (Å²) >= 11 is 7.45. The van der Waals surface area contributed by atoms with E-state index in [0.29, 0.717) is 61.9 Å². The molecule has 3 aromatic carbocycles. The number of halogens is 1. The summed E-state index contributed by atoms with van der Waals surface area (Å²) in [7, 11) is 1.52. The number of ether oxygens (including phenoxy) is 5. The number of carbonyl (C=O) groups excluding carboxylic acids is 1. The molecule has 1 atom stereocenters. The normalized spacial score (nSPS) is 13.9. The van der Waals surface area contributed by atoms with E-state index in [2.05, 4.69) is 5.32 Å². The summed E-state index contributed by atoms with van der Waals surface area (Å²) < 4.78 is 28.7. The van der Waals surface area contributed by atoms with Gasteiger partial charge >= 0.3 is 0 Å². The molecule has 0 aliphatic carbocycles. The second kappa shape index (κ2) is 10.8. The van der Waals surface area contributed by atoms with Crippen LogP contribution in [-0.2, 0) is 11.3 Å². The van der Waals surface area contributed by atoms with Crippen LogP contribution in [0.1, 0.15) is 18.9 Å². The van der Waals surface area contributed by atoms with Gasteiger partial charge in [-0.3, -0.25) is 14.2 Å². The molecule has 2 aliphatic heterocycles. The number of rotatable bonds is 8. The Morgan fingerprint density at radius 2 is 1.77 bits per heavy atom. The van der Waals surface area contributed by atoms with Crippen LogP contribution < -0.4 is 34.6 Å². The molecule has 40 heavy (non-hydrogen) atoms. The number of fused-ring (bicyclic) bond motifs is 3. The van der Waals surface area contributed by atoms with Crippen molar-refractivity contribution in [2.75, 3.05) is 26.0 Å². The Morgan fingerprint density at radius 1 is 1.05 bits per heavy atom. The van der Waals surface area contributed by atoms with Crippen LogP contribution in [0.3, 0.4) is 0 Å². The molecule has 1 aromatic heterocycles. The van der Waals surface area contributed by atoms with Gasteiger partial charge in [0.2, 0.25) is 19.5 Å². The molecule has 12 heteroatoms. The highest BCUT2D eigenvalue weighted by Gasteiger charge is 2.25. The van der Waals surface area contributed by atoms with Gasteiger partial charge in [0.25, 0.3) is 5.56 Å². The number of anilines is 1. The van der Waals surface area contributed by atoms with Crippen molar-refractivity contribution < 1.29 is 28.5 Å². The molecule has 0 bridgehead atoms. The van der Waals surface area contributed by atoms with E-state index in [1.165, 1.54) is 18.9 Å². The van der Waals surface area contributed by atoms with E-state index < -0.39 is 5.25 Å². The Morgan fingerprint density at radius 3 is 2.50 bits per heavy atom. The van der Waals surface area contributed by atoms with Gasteiger partial charge in [-0.25, -0.2) is 4.98 Å². The van der Waals surface area contributed by atoms with Crippen LogP contribution in [0.2, 0.25) is 5.02 Å². The standard InChI is InChI=1S/C28H24ClN3O7S/c1-3-25(26(33)30-16-5-7-20(35-2)18(29)9-16)40-28-31-19-11-24-23(38-14-39-24)10-17(19)27(34)32(28)12-15-4-6-21-22(8-15)37-13-36-21/h4-11,25H,3,12-14H2,1-2H3,(H,30,33)/t25-/m0/s1. The van der Waals surface area contributed by atoms with Crippen molar-refractivity contribution in [1.82, 2.24) is 9.55 Å². The van der Waals surface area contributed by atoms with E-state index in [0.717, 1.165) is 5.56 Å². The molecule has 0 saturated heterocycles.